The lowest BCUT2D eigenvalue weighted by Crippen LogP contribution is -1.99. The summed E-state index contributed by atoms with van der Waals surface area (Å²) in [6.07, 6.45) is 0. The number of thiophene rings is 2. The summed E-state index contributed by atoms with van der Waals surface area (Å²) < 4.78 is 29.9. The van der Waals surface area contributed by atoms with Crippen LogP contribution < -0.4 is 0 Å². The van der Waals surface area contributed by atoms with Gasteiger partial charge in [-0.1, -0.05) is 24.3 Å². The molecule has 0 aliphatic heterocycles. The number of halogens is 4. The van der Waals surface area contributed by atoms with Crippen molar-refractivity contribution in [3.63, 3.8) is 0 Å². The summed E-state index contributed by atoms with van der Waals surface area (Å²) in [5.74, 6) is -0.664. The highest BCUT2D eigenvalue weighted by molar-refractivity contribution is 9.11. The van der Waals surface area contributed by atoms with Gasteiger partial charge in [0.1, 0.15) is 11.6 Å². The van der Waals surface area contributed by atoms with Crippen molar-refractivity contribution in [2.45, 2.75) is 0 Å². The van der Waals surface area contributed by atoms with Gasteiger partial charge in [0.2, 0.25) is 0 Å². The number of benzene rings is 4. The van der Waals surface area contributed by atoms with Gasteiger partial charge in [0.05, 0.1) is 30.0 Å². The van der Waals surface area contributed by atoms with Crippen molar-refractivity contribution in [3.05, 3.63) is 116 Å². The van der Waals surface area contributed by atoms with Gasteiger partial charge in [-0.05, 0) is 115 Å². The predicted octanol–water partition coefficient (Wildman–Crippen LogP) is 11.4. The van der Waals surface area contributed by atoms with Crippen LogP contribution in [0.1, 0.15) is 0 Å². The molecular weight excluding hydrogens is 674 g/mol. The van der Waals surface area contributed by atoms with Crippen molar-refractivity contribution >= 4 is 76.3 Å². The molecule has 0 aliphatic carbocycles. The van der Waals surface area contributed by atoms with E-state index in [0.29, 0.717) is 11.4 Å². The molecule has 0 atom stereocenters. The molecule has 4 aromatic carbocycles. The minimum Gasteiger partial charge on any atom is -0.243 e. The Morgan fingerprint density at radius 3 is 1.25 bits per heavy atom. The Bertz CT molecular complexity index is 1900. The summed E-state index contributed by atoms with van der Waals surface area (Å²) in [7, 11) is 0. The van der Waals surface area contributed by atoms with E-state index in [9.17, 15) is 8.78 Å². The van der Waals surface area contributed by atoms with Crippen LogP contribution in [0.3, 0.4) is 0 Å². The Kier molecular flexibility index (Phi) is 6.59. The van der Waals surface area contributed by atoms with Crippen LogP contribution in [0.25, 0.3) is 65.2 Å². The lowest BCUT2D eigenvalue weighted by molar-refractivity contribution is 0.627. The smallest absolute Gasteiger partial charge is 0.123 e. The number of hydrogen-bond donors (Lipinski definition) is 0. The predicted molar refractivity (Wildman–Crippen MR) is 170 cm³/mol. The summed E-state index contributed by atoms with van der Waals surface area (Å²) in [4.78, 5) is 12.7. The molecule has 0 fully saturated rings. The first-order chi connectivity index (χ1) is 19.5. The highest BCUT2D eigenvalue weighted by Gasteiger charge is 2.24. The van der Waals surface area contributed by atoms with Crippen molar-refractivity contribution in [1.82, 2.24) is 9.97 Å². The molecular formula is C32H16Br2F2N2S2. The highest BCUT2D eigenvalue weighted by Crippen LogP contribution is 2.47. The fraction of sp³-hybridized carbons (Fsp3) is 0. The van der Waals surface area contributed by atoms with Gasteiger partial charge in [-0.15, -0.1) is 22.7 Å². The first-order valence-electron chi connectivity index (χ1n) is 12.3. The quantitative estimate of drug-likeness (QED) is 0.172. The van der Waals surface area contributed by atoms with E-state index in [-0.39, 0.29) is 11.6 Å². The summed E-state index contributed by atoms with van der Waals surface area (Å²) in [5.41, 5.74) is 6.12. The summed E-state index contributed by atoms with van der Waals surface area (Å²) >= 11 is 10.5. The second-order valence-electron chi connectivity index (χ2n) is 9.13. The number of rotatable bonds is 4. The number of aromatic nitrogens is 2. The van der Waals surface area contributed by atoms with Crippen molar-refractivity contribution in [1.29, 1.82) is 0 Å². The Labute approximate surface area is 253 Å². The lowest BCUT2D eigenvalue weighted by atomic mass is 9.94. The van der Waals surface area contributed by atoms with E-state index in [0.717, 1.165) is 61.4 Å². The van der Waals surface area contributed by atoms with Gasteiger partial charge in [-0.25, -0.2) is 18.7 Å². The molecule has 3 heterocycles. The number of nitrogens with zero attached hydrogens (tertiary/aromatic N) is 2. The molecule has 0 amide bonds. The zero-order valence-electron chi connectivity index (χ0n) is 20.5. The first-order valence-corrected chi connectivity index (χ1v) is 15.5. The van der Waals surface area contributed by atoms with Gasteiger partial charge < -0.3 is 0 Å². The fourth-order valence-electron chi connectivity index (χ4n) is 4.97. The van der Waals surface area contributed by atoms with Crippen LogP contribution in [0.15, 0.2) is 105 Å². The van der Waals surface area contributed by atoms with Crippen molar-refractivity contribution in [2.24, 2.45) is 0 Å². The van der Waals surface area contributed by atoms with E-state index in [2.05, 4.69) is 56.1 Å². The molecule has 0 unspecified atom stereocenters. The third kappa shape index (κ3) is 4.49. The van der Waals surface area contributed by atoms with Crippen molar-refractivity contribution in [3.8, 4) is 43.4 Å². The summed E-state index contributed by atoms with van der Waals surface area (Å²) in [6.45, 7) is 0. The Morgan fingerprint density at radius 1 is 0.500 bits per heavy atom. The van der Waals surface area contributed by atoms with Crippen LogP contribution in [0.2, 0.25) is 0 Å². The van der Waals surface area contributed by atoms with E-state index in [4.69, 9.17) is 9.97 Å². The van der Waals surface area contributed by atoms with Crippen LogP contribution in [0.5, 0.6) is 0 Å². The van der Waals surface area contributed by atoms with Crippen LogP contribution >= 0.6 is 54.5 Å². The monoisotopic (exact) mass is 688 g/mol. The van der Waals surface area contributed by atoms with Crippen LogP contribution in [0.4, 0.5) is 8.78 Å². The molecule has 8 heteroatoms. The van der Waals surface area contributed by atoms with Crippen molar-refractivity contribution in [2.75, 3.05) is 0 Å². The Morgan fingerprint density at radius 2 is 0.900 bits per heavy atom. The van der Waals surface area contributed by atoms with Gasteiger partial charge >= 0.3 is 0 Å². The number of fused-ring (bicyclic) bond motifs is 2. The topological polar surface area (TPSA) is 25.8 Å². The third-order valence-electron chi connectivity index (χ3n) is 6.71. The second-order valence-corrected chi connectivity index (χ2v) is 14.1. The SMILES string of the molecule is Fc1ccc(-c2nc3c(-c4ccc(Br)s4)c4ccccc4c(-c4ccc(Br)s4)c3nc2-c2ccc(F)cc2)cc1. The van der Waals surface area contributed by atoms with Gasteiger partial charge in [0.25, 0.3) is 0 Å². The minimum atomic E-state index is -0.332. The molecule has 7 rings (SSSR count). The lowest BCUT2D eigenvalue weighted by Gasteiger charge is -2.18. The van der Waals surface area contributed by atoms with Gasteiger partial charge in [0.15, 0.2) is 0 Å². The third-order valence-corrected chi connectivity index (χ3v) is 9.99. The van der Waals surface area contributed by atoms with Crippen molar-refractivity contribution < 1.29 is 8.78 Å². The zero-order chi connectivity index (χ0) is 27.4. The summed E-state index contributed by atoms with van der Waals surface area (Å²) in [5, 5.41) is 2.13. The maximum atomic E-state index is 13.9. The van der Waals surface area contributed by atoms with Crippen LogP contribution in [-0.4, -0.2) is 9.97 Å². The van der Waals surface area contributed by atoms with E-state index in [1.54, 1.807) is 46.9 Å². The van der Waals surface area contributed by atoms with E-state index in [1.807, 2.05) is 24.3 Å². The van der Waals surface area contributed by atoms with E-state index >= 15 is 0 Å². The molecule has 0 N–H and O–H groups in total. The highest BCUT2D eigenvalue weighted by atomic mass is 79.9. The largest absolute Gasteiger partial charge is 0.243 e. The van der Waals surface area contributed by atoms with E-state index < -0.39 is 0 Å². The van der Waals surface area contributed by atoms with Crippen LogP contribution in [-0.2, 0) is 0 Å². The van der Waals surface area contributed by atoms with Gasteiger partial charge in [-0.3, -0.25) is 0 Å². The van der Waals surface area contributed by atoms with E-state index in [1.165, 1.54) is 24.3 Å². The molecule has 3 aromatic heterocycles. The van der Waals surface area contributed by atoms with Gasteiger partial charge in [0, 0.05) is 32.0 Å². The number of hydrogen-bond acceptors (Lipinski definition) is 4. The average molecular weight is 690 g/mol. The Balaban J connectivity index is 1.69. The van der Waals surface area contributed by atoms with Gasteiger partial charge in [-0.2, -0.15) is 0 Å². The zero-order valence-corrected chi connectivity index (χ0v) is 25.3. The molecule has 0 saturated heterocycles. The molecule has 7 aromatic rings. The molecule has 0 radical (unpaired) electrons. The molecule has 0 saturated carbocycles. The Hall–Kier alpha value is -3.30. The molecule has 0 aliphatic rings. The molecule has 0 bridgehead atoms. The minimum absolute atomic E-state index is 0.332. The standard InChI is InChI=1S/C32H16Br2F2N2S2/c33-25-15-13-23(39-25)27-21-3-1-2-4-22(21)28(24-14-16-26(34)40-24)32-31(27)37-29(17-5-9-19(35)10-6-17)30(38-32)18-7-11-20(36)12-8-18/h1-16H. The molecule has 0 spiro atoms. The molecule has 40 heavy (non-hydrogen) atoms. The average Bonchev–Trinajstić information content (AvgIpc) is 3.59. The summed E-state index contributed by atoms with van der Waals surface area (Å²) in [6, 6.07) is 29.1. The fourth-order valence-corrected chi connectivity index (χ4v) is 7.87. The molecule has 2 nitrogen and oxygen atoms in total. The molecule has 194 valence electrons. The van der Waals surface area contributed by atoms with Crippen LogP contribution in [0, 0.1) is 11.6 Å². The normalized spacial score (nSPS) is 11.5. The maximum Gasteiger partial charge on any atom is 0.123 e. The first kappa shape index (κ1) is 25.7. The maximum absolute atomic E-state index is 13.9. The second kappa shape index (κ2) is 10.3.